The van der Waals surface area contributed by atoms with E-state index in [0.29, 0.717) is 22.4 Å². The quantitative estimate of drug-likeness (QED) is 0.862. The zero-order valence-electron chi connectivity index (χ0n) is 10.3. The third-order valence-electron chi connectivity index (χ3n) is 3.04. The summed E-state index contributed by atoms with van der Waals surface area (Å²) >= 11 is 5.91. The smallest absolute Gasteiger partial charge is 0.241 e. The SMILES string of the molecule is COc1cc(NC(=O)C(N)CC2CC2)ccc1Cl. The molecule has 2 rings (SSSR count). The van der Waals surface area contributed by atoms with Crippen LogP contribution in [-0.2, 0) is 4.79 Å². The standard InChI is InChI=1S/C13H17ClN2O2/c1-18-12-7-9(4-5-10(12)14)16-13(17)11(15)6-8-2-3-8/h4-5,7-8,11H,2-3,6,15H2,1H3,(H,16,17). The minimum absolute atomic E-state index is 0.161. The Kier molecular flexibility index (Phi) is 4.09. The summed E-state index contributed by atoms with van der Waals surface area (Å²) in [5.74, 6) is 1.00. The molecule has 0 radical (unpaired) electrons. The molecular weight excluding hydrogens is 252 g/mol. The van der Waals surface area contributed by atoms with Crippen LogP contribution in [0.25, 0.3) is 0 Å². The van der Waals surface area contributed by atoms with Crippen LogP contribution in [0.3, 0.4) is 0 Å². The normalized spacial score (nSPS) is 16.2. The average Bonchev–Trinajstić information content (AvgIpc) is 3.15. The molecule has 1 amide bonds. The number of ether oxygens (including phenoxy) is 1. The lowest BCUT2D eigenvalue weighted by molar-refractivity contribution is -0.117. The first-order valence-corrected chi connectivity index (χ1v) is 6.38. The van der Waals surface area contributed by atoms with Gasteiger partial charge in [0.05, 0.1) is 18.2 Å². The van der Waals surface area contributed by atoms with Crippen LogP contribution in [0.2, 0.25) is 5.02 Å². The number of anilines is 1. The number of amides is 1. The fraction of sp³-hybridized carbons (Fsp3) is 0.462. The molecule has 1 aromatic rings. The molecule has 1 aromatic carbocycles. The summed E-state index contributed by atoms with van der Waals surface area (Å²) in [7, 11) is 1.53. The number of hydrogen-bond donors (Lipinski definition) is 2. The number of halogens is 1. The van der Waals surface area contributed by atoms with Crippen molar-refractivity contribution in [1.29, 1.82) is 0 Å². The molecular formula is C13H17ClN2O2. The van der Waals surface area contributed by atoms with Crippen molar-refractivity contribution in [2.45, 2.75) is 25.3 Å². The predicted octanol–water partition coefficient (Wildman–Crippen LogP) is 2.41. The van der Waals surface area contributed by atoms with Gasteiger partial charge in [0.15, 0.2) is 0 Å². The maximum absolute atomic E-state index is 11.9. The highest BCUT2D eigenvalue weighted by Gasteiger charge is 2.27. The maximum Gasteiger partial charge on any atom is 0.241 e. The van der Waals surface area contributed by atoms with E-state index in [1.54, 1.807) is 18.2 Å². The lowest BCUT2D eigenvalue weighted by Gasteiger charge is -2.12. The van der Waals surface area contributed by atoms with Crippen LogP contribution in [0, 0.1) is 5.92 Å². The summed E-state index contributed by atoms with van der Waals surface area (Å²) in [6.45, 7) is 0. The van der Waals surface area contributed by atoms with Crippen molar-refractivity contribution in [3.63, 3.8) is 0 Å². The first-order valence-electron chi connectivity index (χ1n) is 6.00. The second kappa shape index (κ2) is 5.59. The molecule has 0 spiro atoms. The second-order valence-electron chi connectivity index (χ2n) is 4.62. The number of hydrogen-bond acceptors (Lipinski definition) is 3. The van der Waals surface area contributed by atoms with Gasteiger partial charge in [-0.25, -0.2) is 0 Å². The van der Waals surface area contributed by atoms with Crippen molar-refractivity contribution in [3.05, 3.63) is 23.2 Å². The molecule has 98 valence electrons. The topological polar surface area (TPSA) is 64.3 Å². The van der Waals surface area contributed by atoms with Crippen molar-refractivity contribution in [2.24, 2.45) is 11.7 Å². The molecule has 1 unspecified atom stereocenters. The van der Waals surface area contributed by atoms with E-state index in [2.05, 4.69) is 5.32 Å². The minimum Gasteiger partial charge on any atom is -0.495 e. The molecule has 0 saturated heterocycles. The molecule has 1 fully saturated rings. The van der Waals surface area contributed by atoms with E-state index in [4.69, 9.17) is 22.1 Å². The summed E-state index contributed by atoms with van der Waals surface area (Å²) in [6, 6.07) is 4.65. The highest BCUT2D eigenvalue weighted by Crippen LogP contribution is 2.33. The largest absolute Gasteiger partial charge is 0.495 e. The number of carbonyl (C=O) groups excluding carboxylic acids is 1. The van der Waals surface area contributed by atoms with Gasteiger partial charge in [0, 0.05) is 11.8 Å². The number of methoxy groups -OCH3 is 1. The van der Waals surface area contributed by atoms with Crippen LogP contribution in [0.5, 0.6) is 5.75 Å². The zero-order valence-corrected chi connectivity index (χ0v) is 11.0. The molecule has 4 nitrogen and oxygen atoms in total. The highest BCUT2D eigenvalue weighted by atomic mass is 35.5. The van der Waals surface area contributed by atoms with Crippen LogP contribution < -0.4 is 15.8 Å². The average molecular weight is 269 g/mol. The summed E-state index contributed by atoms with van der Waals surface area (Å²) in [4.78, 5) is 11.9. The van der Waals surface area contributed by atoms with Crippen molar-refractivity contribution >= 4 is 23.2 Å². The van der Waals surface area contributed by atoms with E-state index in [-0.39, 0.29) is 5.91 Å². The molecule has 0 aromatic heterocycles. The van der Waals surface area contributed by atoms with Gasteiger partial charge in [-0.1, -0.05) is 24.4 Å². The Morgan fingerprint density at radius 2 is 2.33 bits per heavy atom. The van der Waals surface area contributed by atoms with Gasteiger partial charge >= 0.3 is 0 Å². The Balaban J connectivity index is 1.97. The Labute approximate surface area is 111 Å². The fourth-order valence-corrected chi connectivity index (χ4v) is 1.99. The zero-order chi connectivity index (χ0) is 13.1. The van der Waals surface area contributed by atoms with Gasteiger partial charge < -0.3 is 15.8 Å². The van der Waals surface area contributed by atoms with Gasteiger partial charge in [-0.3, -0.25) is 4.79 Å². The minimum atomic E-state index is -0.445. The summed E-state index contributed by atoms with van der Waals surface area (Å²) < 4.78 is 5.09. The van der Waals surface area contributed by atoms with Crippen molar-refractivity contribution in [2.75, 3.05) is 12.4 Å². The summed E-state index contributed by atoms with van der Waals surface area (Å²) in [5, 5.41) is 3.29. The molecule has 0 bridgehead atoms. The molecule has 1 atom stereocenters. The van der Waals surface area contributed by atoms with E-state index >= 15 is 0 Å². The number of carbonyl (C=O) groups is 1. The third-order valence-corrected chi connectivity index (χ3v) is 3.35. The highest BCUT2D eigenvalue weighted by molar-refractivity contribution is 6.32. The lowest BCUT2D eigenvalue weighted by atomic mass is 10.1. The van der Waals surface area contributed by atoms with Crippen LogP contribution >= 0.6 is 11.6 Å². The van der Waals surface area contributed by atoms with Gasteiger partial charge in [-0.2, -0.15) is 0 Å². The van der Waals surface area contributed by atoms with Crippen molar-refractivity contribution < 1.29 is 9.53 Å². The second-order valence-corrected chi connectivity index (χ2v) is 5.03. The molecule has 1 aliphatic rings. The summed E-state index contributed by atoms with van der Waals surface area (Å²) in [5.41, 5.74) is 6.48. The van der Waals surface area contributed by atoms with E-state index in [1.807, 2.05) is 0 Å². The maximum atomic E-state index is 11.9. The van der Waals surface area contributed by atoms with E-state index < -0.39 is 6.04 Å². The number of nitrogens with two attached hydrogens (primary N) is 1. The number of benzene rings is 1. The Hall–Kier alpha value is -1.26. The Morgan fingerprint density at radius 3 is 2.94 bits per heavy atom. The van der Waals surface area contributed by atoms with E-state index in [9.17, 15) is 4.79 Å². The van der Waals surface area contributed by atoms with Gasteiger partial charge in [0.2, 0.25) is 5.91 Å². The van der Waals surface area contributed by atoms with Crippen molar-refractivity contribution in [1.82, 2.24) is 0 Å². The molecule has 5 heteroatoms. The number of nitrogens with one attached hydrogen (secondary N) is 1. The molecule has 1 aliphatic carbocycles. The first-order chi connectivity index (χ1) is 8.60. The third kappa shape index (κ3) is 3.37. The van der Waals surface area contributed by atoms with Gasteiger partial charge in [0.25, 0.3) is 0 Å². The van der Waals surface area contributed by atoms with Gasteiger partial charge in [-0.15, -0.1) is 0 Å². The summed E-state index contributed by atoms with van der Waals surface area (Å²) in [6.07, 6.45) is 3.14. The van der Waals surface area contributed by atoms with Crippen LogP contribution in [0.15, 0.2) is 18.2 Å². The van der Waals surface area contributed by atoms with E-state index in [0.717, 1.165) is 6.42 Å². The first kappa shape index (κ1) is 13.2. The van der Waals surface area contributed by atoms with Crippen LogP contribution in [-0.4, -0.2) is 19.1 Å². The van der Waals surface area contributed by atoms with Gasteiger partial charge in [0.1, 0.15) is 5.75 Å². The molecule has 3 N–H and O–H groups in total. The van der Waals surface area contributed by atoms with E-state index in [1.165, 1.54) is 20.0 Å². The van der Waals surface area contributed by atoms with Crippen molar-refractivity contribution in [3.8, 4) is 5.75 Å². The molecule has 18 heavy (non-hydrogen) atoms. The number of rotatable bonds is 5. The Morgan fingerprint density at radius 1 is 1.61 bits per heavy atom. The lowest BCUT2D eigenvalue weighted by Crippen LogP contribution is -2.35. The van der Waals surface area contributed by atoms with Gasteiger partial charge in [-0.05, 0) is 24.5 Å². The molecule has 0 heterocycles. The van der Waals surface area contributed by atoms with Crippen LogP contribution in [0.4, 0.5) is 5.69 Å². The molecule has 0 aliphatic heterocycles. The fourth-order valence-electron chi connectivity index (χ4n) is 1.79. The Bertz CT molecular complexity index is 447. The molecule has 1 saturated carbocycles. The van der Waals surface area contributed by atoms with Crippen LogP contribution in [0.1, 0.15) is 19.3 Å². The monoisotopic (exact) mass is 268 g/mol. The predicted molar refractivity (Wildman–Crippen MR) is 72.0 cm³/mol.